The highest BCUT2D eigenvalue weighted by Gasteiger charge is 2.41. The van der Waals surface area contributed by atoms with Gasteiger partial charge in [0, 0.05) is 27.5 Å². The number of benzene rings is 7. The number of hydrogen-bond acceptors (Lipinski definition) is 4. The number of hydrogen-bond donors (Lipinski definition) is 0. The van der Waals surface area contributed by atoms with Crippen molar-refractivity contribution in [2.75, 3.05) is 0 Å². The largest absolute Gasteiger partial charge is 0.236 e. The highest BCUT2D eigenvalue weighted by atomic mass is 14.9. The maximum Gasteiger partial charge on any atom is 0.160 e. The molecule has 2 aliphatic rings. The van der Waals surface area contributed by atoms with Crippen LogP contribution in [-0.4, -0.2) is 19.9 Å². The summed E-state index contributed by atoms with van der Waals surface area (Å²) in [7, 11) is 0. The topological polar surface area (TPSA) is 51.6 Å². The van der Waals surface area contributed by atoms with Crippen molar-refractivity contribution >= 4 is 21.5 Å². The molecule has 0 fully saturated rings. The Kier molecular flexibility index (Phi) is 6.91. The van der Waals surface area contributed by atoms with E-state index in [-0.39, 0.29) is 10.8 Å². The third kappa shape index (κ3) is 4.78. The summed E-state index contributed by atoms with van der Waals surface area (Å²) >= 11 is 0. The first kappa shape index (κ1) is 32.6. The van der Waals surface area contributed by atoms with Crippen molar-refractivity contribution < 1.29 is 0 Å². The lowest BCUT2D eigenvalue weighted by atomic mass is 9.79. The second kappa shape index (κ2) is 11.9. The Morgan fingerprint density at radius 3 is 1.57 bits per heavy atom. The molecule has 0 bridgehead atoms. The fraction of sp³-hybridized carbons (Fsp3) is 0.115. The van der Waals surface area contributed by atoms with Crippen LogP contribution in [0.1, 0.15) is 49.9 Å². The maximum absolute atomic E-state index is 5.33. The van der Waals surface area contributed by atoms with Crippen LogP contribution < -0.4 is 0 Å². The first-order chi connectivity index (χ1) is 27.3. The normalized spacial score (nSPS) is 14.4. The average molecular weight is 719 g/mol. The summed E-state index contributed by atoms with van der Waals surface area (Å²) in [6, 6.07) is 54.5. The summed E-state index contributed by atoms with van der Waals surface area (Å²) in [6.45, 7) is 9.42. The van der Waals surface area contributed by atoms with E-state index in [4.69, 9.17) is 19.9 Å². The first-order valence-corrected chi connectivity index (χ1v) is 19.4. The van der Waals surface area contributed by atoms with Gasteiger partial charge in [-0.05, 0) is 96.4 Å². The van der Waals surface area contributed by atoms with Crippen molar-refractivity contribution in [1.82, 2.24) is 19.9 Å². The van der Waals surface area contributed by atoms with Crippen LogP contribution in [0.4, 0.5) is 0 Å². The molecule has 2 aliphatic carbocycles. The Labute approximate surface area is 326 Å². The van der Waals surface area contributed by atoms with Crippen LogP contribution in [0.3, 0.4) is 0 Å². The molecule has 4 heteroatoms. The Morgan fingerprint density at radius 2 is 0.857 bits per heavy atom. The van der Waals surface area contributed by atoms with Gasteiger partial charge in [-0.15, -0.1) is 0 Å². The van der Waals surface area contributed by atoms with Gasteiger partial charge in [0.1, 0.15) is 6.33 Å². The first-order valence-electron chi connectivity index (χ1n) is 19.4. The van der Waals surface area contributed by atoms with Crippen molar-refractivity contribution in [1.29, 1.82) is 0 Å². The minimum absolute atomic E-state index is 0.0610. The zero-order valence-corrected chi connectivity index (χ0v) is 31.8. The molecule has 0 radical (unpaired) electrons. The number of fused-ring (bicyclic) bond motifs is 8. The van der Waals surface area contributed by atoms with Gasteiger partial charge in [-0.2, -0.15) is 0 Å². The number of rotatable bonds is 4. The molecule has 0 unspecified atom stereocenters. The number of aromatic nitrogens is 4. The molecule has 0 spiro atoms. The molecule has 4 nitrogen and oxygen atoms in total. The predicted molar refractivity (Wildman–Crippen MR) is 230 cm³/mol. The minimum Gasteiger partial charge on any atom is -0.236 e. The smallest absolute Gasteiger partial charge is 0.160 e. The minimum atomic E-state index is -0.215. The van der Waals surface area contributed by atoms with E-state index in [1.807, 2.05) is 0 Å². The van der Waals surface area contributed by atoms with E-state index in [2.05, 4.69) is 179 Å². The Balaban J connectivity index is 1.08. The van der Waals surface area contributed by atoms with Crippen LogP contribution >= 0.6 is 0 Å². The van der Waals surface area contributed by atoms with Gasteiger partial charge in [-0.1, -0.05) is 149 Å². The molecule has 7 aromatic carbocycles. The van der Waals surface area contributed by atoms with Gasteiger partial charge in [0.05, 0.1) is 22.8 Å². The molecule has 0 saturated carbocycles. The van der Waals surface area contributed by atoms with E-state index in [1.165, 1.54) is 55.3 Å². The van der Waals surface area contributed by atoms with Crippen molar-refractivity contribution in [2.45, 2.75) is 38.5 Å². The van der Waals surface area contributed by atoms with Crippen LogP contribution in [-0.2, 0) is 10.8 Å². The van der Waals surface area contributed by atoms with Gasteiger partial charge in [0.2, 0.25) is 0 Å². The molecule has 266 valence electrons. The van der Waals surface area contributed by atoms with E-state index in [0.29, 0.717) is 5.82 Å². The van der Waals surface area contributed by atoms with E-state index >= 15 is 0 Å². The lowest BCUT2D eigenvalue weighted by Gasteiger charge is -2.24. The fourth-order valence-electron chi connectivity index (χ4n) is 9.46. The highest BCUT2D eigenvalue weighted by Crippen LogP contribution is 2.56. The molecule has 0 atom stereocenters. The van der Waals surface area contributed by atoms with Gasteiger partial charge >= 0.3 is 0 Å². The Hall–Kier alpha value is -6.78. The second-order valence-electron chi connectivity index (χ2n) is 16.3. The lowest BCUT2D eigenvalue weighted by molar-refractivity contribution is 0.652. The average Bonchev–Trinajstić information content (AvgIpc) is 3.61. The Morgan fingerprint density at radius 1 is 0.357 bits per heavy atom. The second-order valence-corrected chi connectivity index (χ2v) is 16.3. The molecule has 0 aliphatic heterocycles. The molecule has 0 amide bonds. The Bertz CT molecular complexity index is 3090. The summed E-state index contributed by atoms with van der Waals surface area (Å²) in [5.74, 6) is 0.669. The molecular formula is C52H38N4. The van der Waals surface area contributed by atoms with Gasteiger partial charge in [-0.25, -0.2) is 19.9 Å². The zero-order chi connectivity index (χ0) is 37.8. The van der Waals surface area contributed by atoms with Crippen LogP contribution in [0, 0.1) is 0 Å². The lowest BCUT2D eigenvalue weighted by Crippen LogP contribution is -2.17. The summed E-state index contributed by atoms with van der Waals surface area (Å²) in [6.07, 6.45) is 1.65. The fourth-order valence-corrected chi connectivity index (χ4v) is 9.46. The van der Waals surface area contributed by atoms with E-state index in [1.54, 1.807) is 6.33 Å². The third-order valence-corrected chi connectivity index (χ3v) is 12.4. The molecule has 9 aromatic rings. The quantitative estimate of drug-likeness (QED) is 0.182. The summed E-state index contributed by atoms with van der Waals surface area (Å²) in [5, 5.41) is 4.64. The predicted octanol–water partition coefficient (Wildman–Crippen LogP) is 12.9. The summed E-state index contributed by atoms with van der Waals surface area (Å²) in [5.41, 5.74) is 16.8. The third-order valence-electron chi connectivity index (χ3n) is 12.4. The van der Waals surface area contributed by atoms with Gasteiger partial charge in [-0.3, -0.25) is 0 Å². The standard InChI is InChI=1S/C52H38N4/c1-51(2)42-22-10-9-19-36(42)40-26-45-41(27-44(40)51)37-24-23-33(25-43(37)52(45,3)4)50-55-47(39-21-12-16-32-14-6-8-18-35(32)39)29-49(56-50)48-28-46(53-30-54-48)38-20-11-15-31-13-5-7-17-34(31)38/h5-30H,1-4H3. The monoisotopic (exact) mass is 718 g/mol. The van der Waals surface area contributed by atoms with Crippen LogP contribution in [0.25, 0.3) is 89.1 Å². The van der Waals surface area contributed by atoms with Gasteiger partial charge in [0.25, 0.3) is 0 Å². The highest BCUT2D eigenvalue weighted by molar-refractivity contribution is 5.98. The van der Waals surface area contributed by atoms with E-state index in [0.717, 1.165) is 50.2 Å². The molecular weight excluding hydrogens is 681 g/mol. The van der Waals surface area contributed by atoms with Crippen LogP contribution in [0.2, 0.25) is 0 Å². The van der Waals surface area contributed by atoms with Crippen molar-refractivity contribution in [3.63, 3.8) is 0 Å². The van der Waals surface area contributed by atoms with Crippen molar-refractivity contribution in [2.24, 2.45) is 0 Å². The van der Waals surface area contributed by atoms with Crippen LogP contribution in [0.15, 0.2) is 158 Å². The summed E-state index contributed by atoms with van der Waals surface area (Å²) < 4.78 is 0. The van der Waals surface area contributed by atoms with E-state index < -0.39 is 0 Å². The SMILES string of the molecule is CC1(C)c2ccccc2-c2cc3c(cc21)-c1ccc(-c2nc(-c4cc(-c5cccc6ccccc56)ncn4)cc(-c4cccc5ccccc45)n2)cc1C3(C)C. The molecule has 56 heavy (non-hydrogen) atoms. The van der Waals surface area contributed by atoms with Gasteiger partial charge < -0.3 is 0 Å². The van der Waals surface area contributed by atoms with Crippen LogP contribution in [0.5, 0.6) is 0 Å². The van der Waals surface area contributed by atoms with E-state index in [9.17, 15) is 0 Å². The van der Waals surface area contributed by atoms with Gasteiger partial charge in [0.15, 0.2) is 5.82 Å². The maximum atomic E-state index is 5.33. The number of nitrogens with zero attached hydrogens (tertiary/aromatic N) is 4. The summed E-state index contributed by atoms with van der Waals surface area (Å²) in [4.78, 5) is 20.2. The molecule has 2 heterocycles. The van der Waals surface area contributed by atoms with Crippen molar-refractivity contribution in [3.8, 4) is 67.5 Å². The molecule has 11 rings (SSSR count). The molecule has 0 saturated heterocycles. The van der Waals surface area contributed by atoms with Crippen molar-refractivity contribution in [3.05, 3.63) is 180 Å². The molecule has 0 N–H and O–H groups in total. The molecule has 2 aromatic heterocycles. The zero-order valence-electron chi connectivity index (χ0n) is 31.8.